The van der Waals surface area contributed by atoms with Crippen molar-refractivity contribution in [3.05, 3.63) is 260 Å². The number of benzene rings is 4. The first kappa shape index (κ1) is 101. The second kappa shape index (κ2) is 44.0. The third kappa shape index (κ3) is 25.3. The number of fused-ring (bicyclic) bond motifs is 4. The number of aromatic nitrogens is 12. The van der Waals surface area contributed by atoms with Crippen molar-refractivity contribution in [3.8, 4) is 0 Å². The summed E-state index contributed by atoms with van der Waals surface area (Å²) in [6, 6.07) is 38.4. The SMILES string of the molecule is C=C1C/C(=C\c2cnn3c(NC4CCN(C(=O)C(C)(C)C)CC4)cc(Nc4cccc(Cl)c4)nc23)C(=O)N1.C=C1C/C(=C\c2cnn3c(NC4CCN(C(=O)C5CC5)CC4)cc(Nc4cccc(Cl)c4)nc23)C(=O)N1.C=C1C/C(=C\c2cnn3c(NC4CCN(C(=O)CC(C)(C)C)CC4)cc(Nc4cccc(Cl)c4)nc23)C(=O)N1.C=C1C/C(=C\c2cnn3c(NC4CCNCC4)cc(Nc4cccc(Cl)c4)nc23)C(=O)N1. The van der Waals surface area contributed by atoms with E-state index in [0.717, 1.165) is 159 Å². The van der Waals surface area contributed by atoms with E-state index in [1.807, 2.05) is 181 Å². The average molecular weight is 2050 g/mol. The molecule has 9 fully saturated rings. The second-order valence-corrected chi connectivity index (χ2v) is 42.0. The zero-order valence-corrected chi connectivity index (χ0v) is 85.2. The minimum absolute atomic E-state index is 0.0271. The van der Waals surface area contributed by atoms with Crippen LogP contribution in [0.2, 0.25) is 20.1 Å². The van der Waals surface area contributed by atoms with Crippen molar-refractivity contribution in [3.63, 3.8) is 0 Å². The van der Waals surface area contributed by atoms with Crippen molar-refractivity contribution in [2.75, 3.05) is 94.9 Å². The fraction of sp³-hybridized carbons (Fsp3) is 0.336. The Morgan fingerprint density at radius 1 is 0.377 bits per heavy atom. The number of nitrogens with one attached hydrogen (secondary N) is 13. The molecule has 0 unspecified atom stereocenters. The highest BCUT2D eigenvalue weighted by molar-refractivity contribution is 6.32. The van der Waals surface area contributed by atoms with Crippen LogP contribution in [-0.4, -0.2) is 191 Å². The normalized spacial score (nSPS) is 18.3. The second-order valence-electron chi connectivity index (χ2n) is 40.3. The first-order valence-corrected chi connectivity index (χ1v) is 50.7. The van der Waals surface area contributed by atoms with Crippen LogP contribution in [0.15, 0.2) is 218 Å². The molecule has 146 heavy (non-hydrogen) atoms. The van der Waals surface area contributed by atoms with Gasteiger partial charge in [-0.3, -0.25) is 33.6 Å². The molecular formula is C107H118Cl4N28O7. The Morgan fingerprint density at radius 2 is 0.651 bits per heavy atom. The third-order valence-electron chi connectivity index (χ3n) is 26.1. The molecule has 8 aromatic heterocycles. The van der Waals surface area contributed by atoms with Crippen LogP contribution in [0.5, 0.6) is 0 Å². The van der Waals surface area contributed by atoms with Crippen LogP contribution < -0.4 is 69.1 Å². The molecule has 39 heteroatoms. The maximum Gasteiger partial charge on any atom is 0.251 e. The Labute approximate surface area is 865 Å². The quantitative estimate of drug-likeness (QED) is 0.0280. The summed E-state index contributed by atoms with van der Waals surface area (Å²) in [4.78, 5) is 112. The third-order valence-corrected chi connectivity index (χ3v) is 27.0. The van der Waals surface area contributed by atoms with E-state index in [4.69, 9.17) is 66.3 Å². The molecule has 13 N–H and O–H groups in total. The van der Waals surface area contributed by atoms with Crippen molar-refractivity contribution >= 4 is 204 Å². The van der Waals surface area contributed by atoms with Gasteiger partial charge < -0.3 is 83.8 Å². The lowest BCUT2D eigenvalue weighted by atomic mass is 9.91. The summed E-state index contributed by atoms with van der Waals surface area (Å²) in [5.41, 5.74) is 13.5. The monoisotopic (exact) mass is 2050 g/mol. The van der Waals surface area contributed by atoms with Gasteiger partial charge in [0.2, 0.25) is 17.7 Å². The number of piperidine rings is 4. The van der Waals surface area contributed by atoms with Gasteiger partial charge in [-0.15, -0.1) is 0 Å². The number of carbonyl (C=O) groups is 7. The van der Waals surface area contributed by atoms with Crippen LogP contribution in [0.4, 0.5) is 69.3 Å². The van der Waals surface area contributed by atoms with Crippen LogP contribution >= 0.6 is 46.4 Å². The molecule has 0 bridgehead atoms. The van der Waals surface area contributed by atoms with Crippen molar-refractivity contribution < 1.29 is 33.6 Å². The van der Waals surface area contributed by atoms with E-state index in [9.17, 15) is 33.6 Å². The van der Waals surface area contributed by atoms with Gasteiger partial charge in [-0.25, -0.2) is 19.9 Å². The number of halogens is 4. The fourth-order valence-electron chi connectivity index (χ4n) is 18.6. The Morgan fingerprint density at radius 3 is 0.904 bits per heavy atom. The first-order chi connectivity index (χ1) is 70.1. The van der Waals surface area contributed by atoms with Crippen LogP contribution in [0.3, 0.4) is 0 Å². The Hall–Kier alpha value is -14.9. The zero-order valence-electron chi connectivity index (χ0n) is 82.2. The predicted molar refractivity (Wildman–Crippen MR) is 576 cm³/mol. The molecule has 0 atom stereocenters. The number of nitrogens with zero attached hydrogens (tertiary/aromatic N) is 15. The molecule has 35 nitrogen and oxygen atoms in total. The van der Waals surface area contributed by atoms with Gasteiger partial charge in [-0.1, -0.05) is 139 Å². The molecule has 8 saturated heterocycles. The van der Waals surface area contributed by atoms with Crippen LogP contribution in [0.1, 0.15) is 160 Å². The van der Waals surface area contributed by atoms with E-state index in [1.165, 1.54) is 0 Å². The average Bonchev–Trinajstić information content (AvgIpc) is 1.63. The van der Waals surface area contributed by atoms with Gasteiger partial charge >= 0.3 is 0 Å². The number of hydrogen-bond donors (Lipinski definition) is 13. The number of hydrogen-bond acceptors (Lipinski definition) is 24. The van der Waals surface area contributed by atoms with Crippen molar-refractivity contribution in [2.45, 2.75) is 162 Å². The summed E-state index contributed by atoms with van der Waals surface area (Å²) < 4.78 is 7.07. The maximum atomic E-state index is 12.7. The zero-order chi connectivity index (χ0) is 102. The van der Waals surface area contributed by atoms with Gasteiger partial charge in [-0.05, 0) is 180 Å². The molecule has 1 aliphatic carbocycles. The highest BCUT2D eigenvalue weighted by Gasteiger charge is 2.37. The van der Waals surface area contributed by atoms with Gasteiger partial charge in [-0.2, -0.15) is 38.5 Å². The van der Waals surface area contributed by atoms with Crippen molar-refractivity contribution in [1.29, 1.82) is 0 Å². The number of anilines is 12. The largest absolute Gasteiger partial charge is 0.367 e. The van der Waals surface area contributed by atoms with E-state index in [-0.39, 0.29) is 70.3 Å². The smallest absolute Gasteiger partial charge is 0.251 e. The predicted octanol–water partition coefficient (Wildman–Crippen LogP) is 18.4. The highest BCUT2D eigenvalue weighted by Crippen LogP contribution is 2.38. The van der Waals surface area contributed by atoms with Gasteiger partial charge in [0.15, 0.2) is 22.6 Å². The van der Waals surface area contributed by atoms with E-state index in [2.05, 4.69) is 137 Å². The number of carbonyl (C=O) groups excluding carboxylic acids is 7. The number of allylic oxidation sites excluding steroid dienone is 4. The molecular weight excluding hydrogens is 1930 g/mol. The van der Waals surface area contributed by atoms with E-state index < -0.39 is 0 Å². The van der Waals surface area contributed by atoms with Gasteiger partial charge in [0.25, 0.3) is 23.6 Å². The minimum atomic E-state index is -0.388. The molecule has 0 radical (unpaired) electrons. The standard InChI is InChI=1S/C29H34ClN7O2.C28H32ClN7O2.C27H28ClN7O2.C23H24ClN7O/c1-18-12-19(28(39)32-18)13-20-17-31-37-25(15-24(35-27(20)37)33-23-7-5-6-21(30)14-23)34-22-8-10-36(11-9-22)26(38)16-29(2,3)4;1-17-12-18(26(37)31-17)13-19-16-30-36-24(33-21-8-10-35(11-9-21)27(38)28(2,3)4)15-23(34-25(19)36)32-22-7-5-6-20(29)14-22;1-16-11-18(26(36)30-16)12-19-15-29-35-24(32-21-7-9-34(10-8-21)27(37)17-5-6-17)14-23(33-25(19)35)31-22-4-2-3-20(28)13-22;1-14-9-15(23(32)27-14)10-16-13-26-31-21(29-18-5-7-25-8-6-18)12-20(30-22(16)31)28-19-4-2-3-17(24)11-19/h5-7,13-15,17,22,34H,1,8-12,16H2,2-4H3,(H,32,39)(H,33,35);5-7,13-16,21,33H,1,8-12H2,2-4H3,(H,31,37)(H,32,34);2-4,12-15,17,21,32H,1,5-11H2,(H,30,36)(H,31,33);2-4,10-13,18,25,29H,1,5-9H2,(H,27,32)(H,28,30)/b19-13+;18-13+;18-12+;15-10+. The van der Waals surface area contributed by atoms with E-state index >= 15 is 0 Å². The molecule has 756 valence electrons. The Kier molecular flexibility index (Phi) is 30.5. The molecule has 7 amide bonds. The van der Waals surface area contributed by atoms with E-state index in [1.54, 1.807) is 42.8 Å². The fourth-order valence-corrected chi connectivity index (χ4v) is 19.4. The molecule has 12 aromatic rings. The van der Waals surface area contributed by atoms with Crippen molar-refractivity contribution in [1.82, 2.24) is 99.7 Å². The van der Waals surface area contributed by atoms with Crippen LogP contribution in [-0.2, 0) is 33.6 Å². The Balaban J connectivity index is 0.000000128. The first-order valence-electron chi connectivity index (χ1n) is 49.2. The van der Waals surface area contributed by atoms with Crippen LogP contribution in [0, 0.1) is 16.7 Å². The highest BCUT2D eigenvalue weighted by atomic mass is 35.5. The summed E-state index contributed by atoms with van der Waals surface area (Å²) >= 11 is 24.7. The molecule has 4 aromatic carbocycles. The summed E-state index contributed by atoms with van der Waals surface area (Å²) in [6.07, 6.45) is 25.8. The lowest BCUT2D eigenvalue weighted by Gasteiger charge is -2.36. The molecule has 9 aliphatic rings. The van der Waals surface area contributed by atoms with Gasteiger partial charge in [0.1, 0.15) is 46.5 Å². The van der Waals surface area contributed by atoms with Gasteiger partial charge in [0.05, 0.1) is 24.8 Å². The summed E-state index contributed by atoms with van der Waals surface area (Å²) in [6.45, 7) is 33.9. The number of amides is 7. The lowest BCUT2D eigenvalue weighted by molar-refractivity contribution is -0.140. The number of rotatable bonds is 22. The molecule has 0 spiro atoms. The van der Waals surface area contributed by atoms with Crippen LogP contribution in [0.25, 0.3) is 46.9 Å². The number of likely N-dealkylation sites (tertiary alicyclic amines) is 3. The molecule has 16 heterocycles. The van der Waals surface area contributed by atoms with Crippen molar-refractivity contribution in [2.24, 2.45) is 16.7 Å². The summed E-state index contributed by atoms with van der Waals surface area (Å²) in [7, 11) is 0. The molecule has 1 saturated carbocycles. The minimum Gasteiger partial charge on any atom is -0.367 e. The summed E-state index contributed by atoms with van der Waals surface area (Å²) in [5.74, 6) is 6.05. The van der Waals surface area contributed by atoms with Gasteiger partial charge in [0, 0.05) is 241 Å². The molecule has 8 aliphatic heterocycles. The topological polar surface area (TPSA) is 406 Å². The Bertz CT molecular complexity index is 7270. The lowest BCUT2D eigenvalue weighted by Crippen LogP contribution is -2.46. The van der Waals surface area contributed by atoms with E-state index in [0.29, 0.717) is 181 Å². The molecule has 21 rings (SSSR count). The maximum absolute atomic E-state index is 12.7. The summed E-state index contributed by atoms with van der Waals surface area (Å²) in [5, 5.41) is 63.1.